The quantitative estimate of drug-likeness (QED) is 0.835. The van der Waals surface area contributed by atoms with Gasteiger partial charge in [-0.15, -0.1) is 0 Å². The molecule has 1 aromatic rings. The summed E-state index contributed by atoms with van der Waals surface area (Å²) in [6.45, 7) is 2.67. The third-order valence-electron chi connectivity index (χ3n) is 3.38. The Morgan fingerprint density at radius 1 is 1.38 bits per heavy atom. The minimum atomic E-state index is -3.77. The number of benzene rings is 1. The van der Waals surface area contributed by atoms with E-state index in [1.165, 1.54) is 12.1 Å². The Labute approximate surface area is 131 Å². The van der Waals surface area contributed by atoms with Gasteiger partial charge in [0.2, 0.25) is 10.0 Å². The Kier molecular flexibility index (Phi) is 5.03. The van der Waals surface area contributed by atoms with E-state index in [9.17, 15) is 13.2 Å². The van der Waals surface area contributed by atoms with Crippen LogP contribution in [0, 0.1) is 6.92 Å². The van der Waals surface area contributed by atoms with Crippen LogP contribution in [0.2, 0.25) is 0 Å². The molecule has 1 heterocycles. The van der Waals surface area contributed by atoms with Crippen LogP contribution in [0.4, 0.5) is 0 Å². The topological polar surface area (TPSA) is 92.7 Å². The first-order valence-corrected chi connectivity index (χ1v) is 8.72. The molecule has 21 heavy (non-hydrogen) atoms. The van der Waals surface area contributed by atoms with Crippen LogP contribution in [0.25, 0.3) is 0 Å². The summed E-state index contributed by atoms with van der Waals surface area (Å²) in [6.07, 6.45) is 1.22. The van der Waals surface area contributed by atoms with Gasteiger partial charge in [0.15, 0.2) is 0 Å². The maximum absolute atomic E-state index is 12.5. The summed E-state index contributed by atoms with van der Waals surface area (Å²) in [5.74, 6) is -1.17. The summed E-state index contributed by atoms with van der Waals surface area (Å²) >= 11 is 3.21. The molecule has 1 aromatic carbocycles. The first-order chi connectivity index (χ1) is 9.81. The lowest BCUT2D eigenvalue weighted by molar-refractivity contribution is 0.0696. The van der Waals surface area contributed by atoms with Crippen molar-refractivity contribution in [2.45, 2.75) is 30.7 Å². The van der Waals surface area contributed by atoms with Crippen LogP contribution in [-0.4, -0.2) is 38.7 Å². The van der Waals surface area contributed by atoms with Gasteiger partial charge in [-0.25, -0.2) is 17.9 Å². The second-order valence-electron chi connectivity index (χ2n) is 4.89. The molecule has 116 valence electrons. The predicted octanol–water partition coefficient (Wildman–Crippen LogP) is 1.91. The highest BCUT2D eigenvalue weighted by molar-refractivity contribution is 9.10. The van der Waals surface area contributed by atoms with Crippen molar-refractivity contribution in [2.75, 3.05) is 13.2 Å². The molecular formula is C13H16BrNO5S. The number of aromatic carboxylic acids is 1. The third kappa shape index (κ3) is 3.82. The predicted molar refractivity (Wildman–Crippen MR) is 80.0 cm³/mol. The van der Waals surface area contributed by atoms with E-state index in [1.807, 2.05) is 0 Å². The number of carbonyl (C=O) groups is 1. The van der Waals surface area contributed by atoms with E-state index in [-0.39, 0.29) is 16.5 Å². The first-order valence-electron chi connectivity index (χ1n) is 6.45. The fraction of sp³-hybridized carbons (Fsp3) is 0.462. The van der Waals surface area contributed by atoms with Gasteiger partial charge < -0.3 is 9.84 Å². The van der Waals surface area contributed by atoms with Crippen molar-refractivity contribution in [1.82, 2.24) is 4.72 Å². The fourth-order valence-electron chi connectivity index (χ4n) is 2.15. The number of hydrogen-bond donors (Lipinski definition) is 2. The smallest absolute Gasteiger partial charge is 0.335 e. The van der Waals surface area contributed by atoms with Crippen LogP contribution in [0.3, 0.4) is 0 Å². The van der Waals surface area contributed by atoms with E-state index in [0.29, 0.717) is 36.1 Å². The summed E-state index contributed by atoms with van der Waals surface area (Å²) in [5.41, 5.74) is 0.416. The molecule has 0 saturated carbocycles. The molecule has 0 amide bonds. The largest absolute Gasteiger partial charge is 0.478 e. The van der Waals surface area contributed by atoms with Crippen LogP contribution in [0.1, 0.15) is 28.8 Å². The summed E-state index contributed by atoms with van der Waals surface area (Å²) in [5, 5.41) is 9.06. The van der Waals surface area contributed by atoms with E-state index >= 15 is 0 Å². The normalized spacial score (nSPS) is 16.9. The fourth-order valence-corrected chi connectivity index (χ4v) is 4.34. The number of carboxylic acids is 1. The van der Waals surface area contributed by atoms with Crippen LogP contribution >= 0.6 is 15.9 Å². The highest BCUT2D eigenvalue weighted by atomic mass is 79.9. The molecule has 1 saturated heterocycles. The van der Waals surface area contributed by atoms with Gasteiger partial charge in [-0.3, -0.25) is 0 Å². The SMILES string of the molecule is Cc1c(Br)cc(C(=O)O)cc1S(=O)(=O)NC1CCOCC1. The van der Waals surface area contributed by atoms with Crippen molar-refractivity contribution >= 4 is 31.9 Å². The van der Waals surface area contributed by atoms with Gasteiger partial charge in [-0.05, 0) is 37.5 Å². The van der Waals surface area contributed by atoms with E-state index in [1.54, 1.807) is 6.92 Å². The average Bonchev–Trinajstić information content (AvgIpc) is 2.41. The van der Waals surface area contributed by atoms with Crippen molar-refractivity contribution in [3.63, 3.8) is 0 Å². The molecule has 0 aromatic heterocycles. The van der Waals surface area contributed by atoms with Gasteiger partial charge in [-0.1, -0.05) is 15.9 Å². The lowest BCUT2D eigenvalue weighted by atomic mass is 10.1. The van der Waals surface area contributed by atoms with Crippen molar-refractivity contribution in [2.24, 2.45) is 0 Å². The van der Waals surface area contributed by atoms with Gasteiger partial charge >= 0.3 is 5.97 Å². The molecule has 0 radical (unpaired) electrons. The van der Waals surface area contributed by atoms with Crippen LogP contribution < -0.4 is 4.72 Å². The van der Waals surface area contributed by atoms with E-state index in [4.69, 9.17) is 9.84 Å². The lowest BCUT2D eigenvalue weighted by Crippen LogP contribution is -2.39. The number of ether oxygens (including phenoxy) is 1. The summed E-state index contributed by atoms with van der Waals surface area (Å²) < 4.78 is 33.2. The Morgan fingerprint density at radius 3 is 2.57 bits per heavy atom. The van der Waals surface area contributed by atoms with E-state index in [2.05, 4.69) is 20.7 Å². The second-order valence-corrected chi connectivity index (χ2v) is 7.43. The minimum Gasteiger partial charge on any atom is -0.478 e. The minimum absolute atomic E-state index is 0.0132. The number of nitrogens with one attached hydrogen (secondary N) is 1. The number of hydrogen-bond acceptors (Lipinski definition) is 4. The van der Waals surface area contributed by atoms with Gasteiger partial charge in [0, 0.05) is 23.7 Å². The van der Waals surface area contributed by atoms with E-state index in [0.717, 1.165) is 0 Å². The Hall–Kier alpha value is -0.960. The maximum Gasteiger partial charge on any atom is 0.335 e. The Bertz CT molecular complexity index is 653. The number of rotatable bonds is 4. The highest BCUT2D eigenvalue weighted by Crippen LogP contribution is 2.26. The van der Waals surface area contributed by atoms with Crippen molar-refractivity contribution < 1.29 is 23.1 Å². The molecule has 0 aliphatic carbocycles. The maximum atomic E-state index is 12.5. The zero-order valence-corrected chi connectivity index (χ0v) is 13.8. The van der Waals surface area contributed by atoms with E-state index < -0.39 is 16.0 Å². The van der Waals surface area contributed by atoms with Crippen molar-refractivity contribution in [1.29, 1.82) is 0 Å². The number of halogens is 1. The number of carboxylic acid groups (broad SMARTS) is 1. The molecule has 6 nitrogen and oxygen atoms in total. The van der Waals surface area contributed by atoms with Gasteiger partial charge in [0.25, 0.3) is 0 Å². The molecule has 1 fully saturated rings. The summed E-state index contributed by atoms with van der Waals surface area (Å²) in [6, 6.07) is 2.39. The average molecular weight is 378 g/mol. The molecule has 2 N–H and O–H groups in total. The second kappa shape index (κ2) is 6.43. The molecule has 0 atom stereocenters. The van der Waals surface area contributed by atoms with Gasteiger partial charge in [0.1, 0.15) is 0 Å². The summed E-state index contributed by atoms with van der Waals surface area (Å²) in [4.78, 5) is 11.1. The van der Waals surface area contributed by atoms with Crippen molar-refractivity contribution in [3.05, 3.63) is 27.7 Å². The van der Waals surface area contributed by atoms with Gasteiger partial charge in [-0.2, -0.15) is 0 Å². The Balaban J connectivity index is 2.36. The van der Waals surface area contributed by atoms with Gasteiger partial charge in [0.05, 0.1) is 10.5 Å². The number of sulfonamides is 1. The molecule has 1 aliphatic rings. The zero-order valence-electron chi connectivity index (χ0n) is 11.4. The molecular weight excluding hydrogens is 362 g/mol. The molecule has 0 spiro atoms. The third-order valence-corrected chi connectivity index (χ3v) is 5.85. The van der Waals surface area contributed by atoms with Crippen LogP contribution in [0.5, 0.6) is 0 Å². The van der Waals surface area contributed by atoms with Crippen molar-refractivity contribution in [3.8, 4) is 0 Å². The lowest BCUT2D eigenvalue weighted by Gasteiger charge is -2.23. The first kappa shape index (κ1) is 16.4. The standard InChI is InChI=1S/C13H16BrNO5S/c1-8-11(14)6-9(13(16)17)7-12(8)21(18,19)15-10-2-4-20-5-3-10/h6-7,10,15H,2-5H2,1H3,(H,16,17). The Morgan fingerprint density at radius 2 is 2.00 bits per heavy atom. The molecule has 0 unspecified atom stereocenters. The molecule has 1 aliphatic heterocycles. The monoisotopic (exact) mass is 377 g/mol. The zero-order chi connectivity index (χ0) is 15.6. The van der Waals surface area contributed by atoms with Crippen LogP contribution in [-0.2, 0) is 14.8 Å². The molecule has 2 rings (SSSR count). The van der Waals surface area contributed by atoms with Crippen LogP contribution in [0.15, 0.2) is 21.5 Å². The molecule has 8 heteroatoms. The molecule has 0 bridgehead atoms. The highest BCUT2D eigenvalue weighted by Gasteiger charge is 2.25. The summed E-state index contributed by atoms with van der Waals surface area (Å²) in [7, 11) is -3.77.